The highest BCUT2D eigenvalue weighted by atomic mass is 16.5. The number of pyridine rings is 1. The van der Waals surface area contributed by atoms with E-state index in [0.717, 1.165) is 39.3 Å². The van der Waals surface area contributed by atoms with Crippen molar-refractivity contribution in [2.75, 3.05) is 4.90 Å². The van der Waals surface area contributed by atoms with Gasteiger partial charge in [0, 0.05) is 44.2 Å². The second-order valence-corrected chi connectivity index (χ2v) is 20.8. The Balaban J connectivity index is 0.00000401. The zero-order chi connectivity index (χ0) is 53.0. The topological polar surface area (TPSA) is 97.4 Å². The largest absolute Gasteiger partial charge is 0.426 e. The third kappa shape index (κ3) is 11.0. The van der Waals surface area contributed by atoms with Crippen LogP contribution in [-0.4, -0.2) is 21.5 Å². The molecule has 0 radical (unpaired) electrons. The summed E-state index contributed by atoms with van der Waals surface area (Å²) < 4.78 is 14.1. The van der Waals surface area contributed by atoms with E-state index in [0.29, 0.717) is 17.9 Å². The van der Waals surface area contributed by atoms with Crippen LogP contribution in [-0.2, 0) is 20.4 Å². The number of para-hydroxylation sites is 2. The minimum Gasteiger partial charge on any atom is -0.426 e. The van der Waals surface area contributed by atoms with Gasteiger partial charge in [0.15, 0.2) is 5.41 Å². The Labute approximate surface area is 460 Å². The number of hydrogen-bond donors (Lipinski definition) is 0. The quantitative estimate of drug-likeness (QED) is 0.0702. The van der Waals surface area contributed by atoms with E-state index in [1.165, 1.54) is 39.9 Å². The van der Waals surface area contributed by atoms with Crippen LogP contribution in [0.25, 0.3) is 38.8 Å². The maximum Gasteiger partial charge on any atom is 0.331 e. The zero-order valence-electron chi connectivity index (χ0n) is 43.8. The first-order chi connectivity index (χ1) is 36.8. The summed E-state index contributed by atoms with van der Waals surface area (Å²) in [6, 6.07) is 75.7. The summed E-state index contributed by atoms with van der Waals surface area (Å²) in [7, 11) is 0. The highest BCUT2D eigenvalue weighted by molar-refractivity contribution is 6.09. The fourth-order valence-corrected chi connectivity index (χ4v) is 10.3. The number of benzene rings is 8. The van der Waals surface area contributed by atoms with Crippen LogP contribution >= 0.6 is 0 Å². The lowest BCUT2D eigenvalue weighted by atomic mass is 9.78. The molecule has 8 heteroatoms. The van der Waals surface area contributed by atoms with E-state index < -0.39 is 23.3 Å². The SMILES string of the molecule is C.C.CCC(CC(C)(C#N)C(=O)Oc1cccc(-c2ccc(-n3c4ccccc4c4ccccc43)cn2)c1)C(=O)Oc1ccc(N(c2ccc(C(C)(C)c3ccccc3)cc2)c2ccc(C(C)(C)c3ccccc3)cc2)cc1. The standard InChI is InChI=1S/C68H60N4O4.2CH4/c1-7-47(44-68(6,46-69)65(74)76-58-24-18-19-48(43-58)61-42-39-56(45-70-61)72-62-27-16-14-25-59(62)60-26-15-17-28-63(60)72)64(73)75-57-40-37-55(38-41-57)71(53-33-29-51(30-34-53)66(2,3)49-20-10-8-11-21-49)54-35-31-52(32-36-54)67(4,5)50-22-12-9-13-23-50;;/h8-43,45,47H,7,44H2,1-6H3;2*1H4. The summed E-state index contributed by atoms with van der Waals surface area (Å²) in [6.07, 6.45) is 2.09. The number of aromatic nitrogens is 2. The lowest BCUT2D eigenvalue weighted by Crippen LogP contribution is -2.35. The molecule has 2 unspecified atom stereocenters. The third-order valence-electron chi connectivity index (χ3n) is 15.1. The molecule has 10 rings (SSSR count). The van der Waals surface area contributed by atoms with Crippen molar-refractivity contribution in [1.82, 2.24) is 9.55 Å². The molecule has 0 bridgehead atoms. The van der Waals surface area contributed by atoms with Gasteiger partial charge in [0.25, 0.3) is 0 Å². The number of fused-ring (bicyclic) bond motifs is 3. The number of rotatable bonds is 16. The number of ether oxygens (including phenoxy) is 2. The Bertz CT molecular complexity index is 3560. The van der Waals surface area contributed by atoms with Crippen molar-refractivity contribution in [3.63, 3.8) is 0 Å². The van der Waals surface area contributed by atoms with Crippen LogP contribution in [0.3, 0.4) is 0 Å². The van der Waals surface area contributed by atoms with Gasteiger partial charge < -0.3 is 18.9 Å². The molecule has 0 aliphatic heterocycles. The van der Waals surface area contributed by atoms with Gasteiger partial charge in [-0.1, -0.05) is 183 Å². The smallest absolute Gasteiger partial charge is 0.331 e. The van der Waals surface area contributed by atoms with E-state index in [9.17, 15) is 14.9 Å². The predicted octanol–water partition coefficient (Wildman–Crippen LogP) is 17.7. The minimum atomic E-state index is -1.65. The number of nitriles is 1. The number of carbonyl (C=O) groups excluding carboxylic acids is 2. The van der Waals surface area contributed by atoms with E-state index in [1.807, 2.05) is 79.9 Å². The minimum absolute atomic E-state index is 0. The van der Waals surface area contributed by atoms with Gasteiger partial charge in [-0.3, -0.25) is 9.78 Å². The predicted molar refractivity (Wildman–Crippen MR) is 319 cm³/mol. The van der Waals surface area contributed by atoms with E-state index >= 15 is 0 Å². The molecule has 2 atom stereocenters. The molecule has 0 spiro atoms. The van der Waals surface area contributed by atoms with Crippen molar-refractivity contribution in [2.45, 2.75) is 80.1 Å². The Morgan fingerprint density at radius 3 is 1.50 bits per heavy atom. The van der Waals surface area contributed by atoms with E-state index in [4.69, 9.17) is 14.5 Å². The molecule has 2 heterocycles. The normalized spacial score (nSPS) is 12.5. The first kappa shape index (κ1) is 55.2. The first-order valence-corrected chi connectivity index (χ1v) is 25.9. The van der Waals surface area contributed by atoms with Crippen molar-refractivity contribution in [3.8, 4) is 34.5 Å². The summed E-state index contributed by atoms with van der Waals surface area (Å²) in [5.74, 6) is -1.45. The van der Waals surface area contributed by atoms with Crippen LogP contribution in [0.15, 0.2) is 225 Å². The Kier molecular flexibility index (Phi) is 16.3. The van der Waals surface area contributed by atoms with Gasteiger partial charge in [-0.2, -0.15) is 5.26 Å². The molecule has 0 fully saturated rings. The van der Waals surface area contributed by atoms with Gasteiger partial charge >= 0.3 is 11.9 Å². The molecule has 0 saturated heterocycles. The highest BCUT2D eigenvalue weighted by Gasteiger charge is 2.40. The molecule has 0 saturated carbocycles. The Morgan fingerprint density at radius 1 is 0.551 bits per heavy atom. The van der Waals surface area contributed by atoms with Gasteiger partial charge in [0.1, 0.15) is 11.5 Å². The number of nitrogens with zero attached hydrogens (tertiary/aromatic N) is 4. The average molecular weight is 1030 g/mol. The lowest BCUT2D eigenvalue weighted by molar-refractivity contribution is -0.145. The van der Waals surface area contributed by atoms with Crippen LogP contribution in [0.4, 0.5) is 17.1 Å². The van der Waals surface area contributed by atoms with Crippen LogP contribution in [0.1, 0.15) is 91.5 Å². The maximum absolute atomic E-state index is 13.9. The monoisotopic (exact) mass is 1030 g/mol. The first-order valence-electron chi connectivity index (χ1n) is 25.9. The molecule has 0 aliphatic carbocycles. The fourth-order valence-electron chi connectivity index (χ4n) is 10.3. The summed E-state index contributed by atoms with van der Waals surface area (Å²) in [5.41, 5.74) is 10.1. The van der Waals surface area contributed by atoms with E-state index in [2.05, 4.69) is 165 Å². The summed E-state index contributed by atoms with van der Waals surface area (Å²) in [4.78, 5) is 34.9. The van der Waals surface area contributed by atoms with Crippen molar-refractivity contribution in [3.05, 3.63) is 247 Å². The van der Waals surface area contributed by atoms with Gasteiger partial charge in [-0.25, -0.2) is 4.79 Å². The Hall–Kier alpha value is -9.06. The molecule has 0 aliphatic rings. The van der Waals surface area contributed by atoms with E-state index in [1.54, 1.807) is 30.3 Å². The van der Waals surface area contributed by atoms with Crippen molar-refractivity contribution in [2.24, 2.45) is 11.3 Å². The van der Waals surface area contributed by atoms with Crippen molar-refractivity contribution < 1.29 is 19.1 Å². The highest BCUT2D eigenvalue weighted by Crippen LogP contribution is 2.41. The van der Waals surface area contributed by atoms with Crippen LogP contribution < -0.4 is 14.4 Å². The van der Waals surface area contributed by atoms with Crippen LogP contribution in [0.5, 0.6) is 11.5 Å². The molecule has 10 aromatic rings. The molecule has 0 amide bonds. The van der Waals surface area contributed by atoms with E-state index in [-0.39, 0.29) is 37.9 Å². The molecule has 0 N–H and O–H groups in total. The molecule has 2 aromatic heterocycles. The van der Waals surface area contributed by atoms with Gasteiger partial charge in [0.2, 0.25) is 0 Å². The van der Waals surface area contributed by atoms with Gasteiger partial charge in [-0.15, -0.1) is 0 Å². The maximum atomic E-state index is 13.9. The average Bonchev–Trinajstić information content (AvgIpc) is 3.85. The lowest BCUT2D eigenvalue weighted by Gasteiger charge is -2.30. The number of esters is 2. The molecular weight excluding hydrogens is 961 g/mol. The molecule has 8 nitrogen and oxygen atoms in total. The fraction of sp³-hybridized carbons (Fsp3) is 0.200. The zero-order valence-corrected chi connectivity index (χ0v) is 43.8. The van der Waals surface area contributed by atoms with Crippen LogP contribution in [0, 0.1) is 22.7 Å². The van der Waals surface area contributed by atoms with Crippen molar-refractivity contribution >= 4 is 50.8 Å². The molecular formula is C70H68N4O4. The molecule has 392 valence electrons. The van der Waals surface area contributed by atoms with Crippen molar-refractivity contribution in [1.29, 1.82) is 5.26 Å². The third-order valence-corrected chi connectivity index (χ3v) is 15.1. The number of hydrogen-bond acceptors (Lipinski definition) is 7. The second kappa shape index (κ2) is 23.0. The summed E-state index contributed by atoms with van der Waals surface area (Å²) in [6.45, 7) is 12.3. The van der Waals surface area contributed by atoms with Crippen LogP contribution in [0.2, 0.25) is 0 Å². The number of carbonyl (C=O) groups is 2. The second-order valence-electron chi connectivity index (χ2n) is 20.8. The van der Waals surface area contributed by atoms with Gasteiger partial charge in [0.05, 0.1) is 40.6 Å². The molecule has 78 heavy (non-hydrogen) atoms. The van der Waals surface area contributed by atoms with Gasteiger partial charge in [-0.05, 0) is 127 Å². The molecule has 8 aromatic carbocycles. The number of anilines is 3. The Morgan fingerprint density at radius 2 is 1.03 bits per heavy atom. The summed E-state index contributed by atoms with van der Waals surface area (Å²) >= 11 is 0. The summed E-state index contributed by atoms with van der Waals surface area (Å²) in [5, 5.41) is 12.8.